The van der Waals surface area contributed by atoms with Crippen LogP contribution in [0.3, 0.4) is 0 Å². The first-order chi connectivity index (χ1) is 11.8. The Balaban J connectivity index is 1.92. The summed E-state index contributed by atoms with van der Waals surface area (Å²) in [6.45, 7) is 5.01. The fourth-order valence-electron chi connectivity index (χ4n) is 2.36. The van der Waals surface area contributed by atoms with Gasteiger partial charge in [-0.1, -0.05) is 35.9 Å². The van der Waals surface area contributed by atoms with Gasteiger partial charge in [0.05, 0.1) is 0 Å². The first kappa shape index (κ1) is 16.8. The summed E-state index contributed by atoms with van der Waals surface area (Å²) in [4.78, 5) is 24.2. The van der Waals surface area contributed by atoms with Crippen molar-refractivity contribution in [3.8, 4) is 11.5 Å². The van der Waals surface area contributed by atoms with Crippen molar-refractivity contribution in [2.24, 2.45) is 0 Å². The summed E-state index contributed by atoms with van der Waals surface area (Å²) in [6.07, 6.45) is 1.42. The van der Waals surface area contributed by atoms with Crippen molar-refractivity contribution in [1.82, 2.24) is 0 Å². The fraction of sp³-hybridized carbons (Fsp3) is 0.200. The number of carbonyl (C=O) groups excluding carboxylic acids is 2. The molecule has 1 fully saturated rings. The van der Waals surface area contributed by atoms with E-state index in [4.69, 9.17) is 14.2 Å². The van der Waals surface area contributed by atoms with Crippen LogP contribution in [-0.2, 0) is 19.1 Å². The minimum atomic E-state index is -1.26. The van der Waals surface area contributed by atoms with Crippen LogP contribution in [-0.4, -0.2) is 17.7 Å². The maximum Gasteiger partial charge on any atom is 0.348 e. The highest BCUT2D eigenvalue weighted by molar-refractivity contribution is 6.19. The first-order valence-electron chi connectivity index (χ1n) is 7.86. The molecule has 0 atom stereocenters. The summed E-state index contributed by atoms with van der Waals surface area (Å²) in [5, 5.41) is 0. The van der Waals surface area contributed by atoms with Crippen molar-refractivity contribution in [3.63, 3.8) is 0 Å². The molecule has 1 aliphatic rings. The third-order valence-electron chi connectivity index (χ3n) is 3.58. The molecule has 0 saturated carbocycles. The fourth-order valence-corrected chi connectivity index (χ4v) is 2.36. The molecule has 2 aromatic rings. The Labute approximate surface area is 145 Å². The minimum absolute atomic E-state index is 0.167. The number of rotatable bonds is 3. The first-order valence-corrected chi connectivity index (χ1v) is 7.86. The number of ether oxygens (including phenoxy) is 3. The zero-order chi connectivity index (χ0) is 18.0. The molecule has 0 spiro atoms. The number of benzene rings is 2. The van der Waals surface area contributed by atoms with Crippen LogP contribution in [0.2, 0.25) is 0 Å². The molecule has 25 heavy (non-hydrogen) atoms. The minimum Gasteiger partial charge on any atom is -0.457 e. The van der Waals surface area contributed by atoms with Crippen molar-refractivity contribution in [1.29, 1.82) is 0 Å². The molecule has 0 aromatic heterocycles. The lowest BCUT2D eigenvalue weighted by Gasteiger charge is -2.29. The molecule has 0 unspecified atom stereocenters. The summed E-state index contributed by atoms with van der Waals surface area (Å²) in [5.74, 6) is -1.52. The number of carbonyl (C=O) groups is 2. The van der Waals surface area contributed by atoms with Crippen molar-refractivity contribution < 1.29 is 23.8 Å². The van der Waals surface area contributed by atoms with E-state index in [9.17, 15) is 9.59 Å². The molecule has 0 bridgehead atoms. The highest BCUT2D eigenvalue weighted by atomic mass is 16.7. The van der Waals surface area contributed by atoms with Crippen LogP contribution in [0.25, 0.3) is 6.08 Å². The zero-order valence-electron chi connectivity index (χ0n) is 14.2. The molecule has 1 saturated heterocycles. The Bertz CT molecular complexity index is 825. The van der Waals surface area contributed by atoms with Gasteiger partial charge >= 0.3 is 11.9 Å². The molecule has 128 valence electrons. The van der Waals surface area contributed by atoms with Gasteiger partial charge in [0.25, 0.3) is 5.79 Å². The van der Waals surface area contributed by atoms with Crippen LogP contribution < -0.4 is 4.74 Å². The van der Waals surface area contributed by atoms with Crippen molar-refractivity contribution >= 4 is 18.0 Å². The van der Waals surface area contributed by atoms with E-state index in [2.05, 4.69) is 0 Å². The Morgan fingerprint density at radius 1 is 0.920 bits per heavy atom. The molecule has 0 N–H and O–H groups in total. The quantitative estimate of drug-likeness (QED) is 0.481. The predicted molar refractivity (Wildman–Crippen MR) is 91.9 cm³/mol. The standard InChI is InChI=1S/C20H18O5/c1-13-8-10-15(11-9-13)23-17-7-5-4-6-14(17)12-16-18(21)24-20(2,3)25-19(16)22/h4-12H,1-3H3. The molecule has 5 heteroatoms. The van der Waals surface area contributed by atoms with Crippen molar-refractivity contribution in [2.75, 3.05) is 0 Å². The maximum absolute atomic E-state index is 12.1. The maximum atomic E-state index is 12.1. The van der Waals surface area contributed by atoms with Gasteiger partial charge in [0.1, 0.15) is 17.1 Å². The normalized spacial score (nSPS) is 16.0. The van der Waals surface area contributed by atoms with E-state index in [1.54, 1.807) is 18.2 Å². The highest BCUT2D eigenvalue weighted by Gasteiger charge is 2.38. The number of hydrogen-bond acceptors (Lipinski definition) is 5. The Morgan fingerprint density at radius 2 is 1.52 bits per heavy atom. The van der Waals surface area contributed by atoms with Gasteiger partial charge in [0.2, 0.25) is 0 Å². The number of aryl methyl sites for hydroxylation is 1. The van der Waals surface area contributed by atoms with Gasteiger partial charge in [-0.3, -0.25) is 0 Å². The van der Waals surface area contributed by atoms with E-state index in [0.29, 0.717) is 17.1 Å². The van der Waals surface area contributed by atoms with Gasteiger partial charge in [-0.05, 0) is 31.2 Å². The lowest BCUT2D eigenvalue weighted by atomic mass is 10.1. The monoisotopic (exact) mass is 338 g/mol. The van der Waals surface area contributed by atoms with Gasteiger partial charge < -0.3 is 14.2 Å². The van der Waals surface area contributed by atoms with E-state index >= 15 is 0 Å². The van der Waals surface area contributed by atoms with Crippen LogP contribution in [0.1, 0.15) is 25.0 Å². The molecule has 5 nitrogen and oxygen atoms in total. The number of cyclic esters (lactones) is 2. The molecule has 1 aliphatic heterocycles. The van der Waals surface area contributed by atoms with Crippen LogP contribution in [0.4, 0.5) is 0 Å². The van der Waals surface area contributed by atoms with Gasteiger partial charge in [-0.15, -0.1) is 0 Å². The van der Waals surface area contributed by atoms with E-state index in [1.165, 1.54) is 19.9 Å². The van der Waals surface area contributed by atoms with Gasteiger partial charge in [0, 0.05) is 19.4 Å². The Morgan fingerprint density at radius 3 is 2.16 bits per heavy atom. The van der Waals surface area contributed by atoms with E-state index < -0.39 is 17.7 Å². The van der Waals surface area contributed by atoms with Gasteiger partial charge in [-0.2, -0.15) is 0 Å². The van der Waals surface area contributed by atoms with Crippen LogP contribution in [0.15, 0.2) is 54.1 Å². The van der Waals surface area contributed by atoms with E-state index in [-0.39, 0.29) is 5.57 Å². The molecule has 2 aromatic carbocycles. The zero-order valence-corrected chi connectivity index (χ0v) is 14.2. The molecule has 0 aliphatic carbocycles. The number of hydrogen-bond donors (Lipinski definition) is 0. The Kier molecular flexibility index (Phi) is 4.31. The largest absolute Gasteiger partial charge is 0.457 e. The summed E-state index contributed by atoms with van der Waals surface area (Å²) in [5.41, 5.74) is 1.53. The molecular formula is C20H18O5. The number of para-hydroxylation sites is 1. The second kappa shape index (κ2) is 6.43. The van der Waals surface area contributed by atoms with Crippen LogP contribution >= 0.6 is 0 Å². The molecule has 0 radical (unpaired) electrons. The summed E-state index contributed by atoms with van der Waals surface area (Å²) in [6, 6.07) is 14.7. The predicted octanol–water partition coefficient (Wildman–Crippen LogP) is 4.01. The second-order valence-corrected chi connectivity index (χ2v) is 6.19. The molecule has 3 rings (SSSR count). The highest BCUT2D eigenvalue weighted by Crippen LogP contribution is 2.29. The summed E-state index contributed by atoms with van der Waals surface area (Å²) < 4.78 is 16.1. The average molecular weight is 338 g/mol. The average Bonchev–Trinajstić information content (AvgIpc) is 2.53. The summed E-state index contributed by atoms with van der Waals surface area (Å²) >= 11 is 0. The second-order valence-electron chi connectivity index (χ2n) is 6.19. The Hall–Kier alpha value is -3.08. The smallest absolute Gasteiger partial charge is 0.348 e. The third kappa shape index (κ3) is 3.88. The van der Waals surface area contributed by atoms with Crippen LogP contribution in [0, 0.1) is 6.92 Å². The molecule has 1 heterocycles. The van der Waals surface area contributed by atoms with Gasteiger partial charge in [-0.25, -0.2) is 9.59 Å². The third-order valence-corrected chi connectivity index (χ3v) is 3.58. The molecule has 0 amide bonds. The lowest BCUT2D eigenvalue weighted by Crippen LogP contribution is -2.41. The topological polar surface area (TPSA) is 61.8 Å². The molecular weight excluding hydrogens is 320 g/mol. The van der Waals surface area contributed by atoms with E-state index in [0.717, 1.165) is 5.56 Å². The van der Waals surface area contributed by atoms with Crippen LogP contribution in [0.5, 0.6) is 11.5 Å². The van der Waals surface area contributed by atoms with Crippen molar-refractivity contribution in [3.05, 3.63) is 65.2 Å². The number of esters is 2. The van der Waals surface area contributed by atoms with Gasteiger partial charge in [0.15, 0.2) is 0 Å². The summed E-state index contributed by atoms with van der Waals surface area (Å²) in [7, 11) is 0. The van der Waals surface area contributed by atoms with Crippen molar-refractivity contribution in [2.45, 2.75) is 26.6 Å². The lowest BCUT2D eigenvalue weighted by molar-refractivity contribution is -0.222. The SMILES string of the molecule is Cc1ccc(Oc2ccccc2C=C2C(=O)OC(C)(C)OC2=O)cc1. The van der Waals surface area contributed by atoms with E-state index in [1.807, 2.05) is 37.3 Å².